The van der Waals surface area contributed by atoms with Crippen LogP contribution in [-0.4, -0.2) is 33.2 Å². The number of aliphatic carboxylic acids is 1. The number of nitrogens with zero attached hydrogens (tertiary/aromatic N) is 2. The van der Waals surface area contributed by atoms with Crippen molar-refractivity contribution < 1.29 is 19.4 Å². The van der Waals surface area contributed by atoms with Crippen molar-refractivity contribution in [2.24, 2.45) is 0 Å². The average molecular weight is 292 g/mol. The molecule has 2 rings (SSSR count). The zero-order chi connectivity index (χ0) is 15.6. The summed E-state index contributed by atoms with van der Waals surface area (Å²) in [4.78, 5) is 39.1. The Bertz CT molecular complexity index is 674. The van der Waals surface area contributed by atoms with E-state index in [0.29, 0.717) is 24.2 Å². The van der Waals surface area contributed by atoms with Crippen LogP contribution in [0.1, 0.15) is 48.9 Å². The predicted octanol–water partition coefficient (Wildman–Crippen LogP) is 1.24. The van der Waals surface area contributed by atoms with Gasteiger partial charge in [-0.2, -0.15) is 0 Å². The summed E-state index contributed by atoms with van der Waals surface area (Å²) in [5.74, 6) is -1.50. The normalized spacial score (nSPS) is 19.1. The van der Waals surface area contributed by atoms with Crippen LogP contribution < -0.4 is 5.56 Å². The van der Waals surface area contributed by atoms with Gasteiger partial charge in [0, 0.05) is 23.9 Å². The Hall–Kier alpha value is -2.44. The fourth-order valence-corrected chi connectivity index (χ4v) is 2.36. The zero-order valence-electron chi connectivity index (χ0n) is 11.8. The molecule has 0 aromatic carbocycles. The summed E-state index contributed by atoms with van der Waals surface area (Å²) in [7, 11) is 0. The van der Waals surface area contributed by atoms with Crippen LogP contribution in [0.4, 0.5) is 0 Å². The number of fused-ring (bicyclic) bond motifs is 1. The van der Waals surface area contributed by atoms with Crippen LogP contribution in [0.25, 0.3) is 5.57 Å². The Morgan fingerprint density at radius 1 is 1.57 bits per heavy atom. The van der Waals surface area contributed by atoms with Gasteiger partial charge in [0.05, 0.1) is 6.61 Å². The van der Waals surface area contributed by atoms with Gasteiger partial charge in [-0.15, -0.1) is 0 Å². The summed E-state index contributed by atoms with van der Waals surface area (Å²) in [6.45, 7) is 3.65. The maximum atomic E-state index is 12.4. The van der Waals surface area contributed by atoms with Crippen LogP contribution in [0.3, 0.4) is 0 Å². The lowest BCUT2D eigenvalue weighted by Gasteiger charge is -2.26. The quantitative estimate of drug-likeness (QED) is 0.665. The minimum atomic E-state index is -1.09. The first kappa shape index (κ1) is 15.0. The number of rotatable bonds is 3. The maximum Gasteiger partial charge on any atom is 0.345 e. The summed E-state index contributed by atoms with van der Waals surface area (Å²) in [6, 6.07) is -0.152. The summed E-state index contributed by atoms with van der Waals surface area (Å²) in [5.41, 5.74) is -0.154. The second-order valence-electron chi connectivity index (χ2n) is 4.79. The van der Waals surface area contributed by atoms with Crippen molar-refractivity contribution in [3.05, 3.63) is 34.0 Å². The van der Waals surface area contributed by atoms with Gasteiger partial charge in [-0.05, 0) is 26.7 Å². The van der Waals surface area contributed by atoms with Crippen molar-refractivity contribution in [2.45, 2.75) is 32.7 Å². The van der Waals surface area contributed by atoms with Crippen LogP contribution in [0.15, 0.2) is 17.1 Å². The van der Waals surface area contributed by atoms with E-state index >= 15 is 0 Å². The molecule has 0 amide bonds. The highest BCUT2D eigenvalue weighted by Crippen LogP contribution is 2.29. The van der Waals surface area contributed by atoms with Crippen LogP contribution in [0.2, 0.25) is 0 Å². The van der Waals surface area contributed by atoms with E-state index in [-0.39, 0.29) is 18.2 Å². The minimum absolute atomic E-state index is 0.135. The van der Waals surface area contributed by atoms with Crippen LogP contribution in [0.5, 0.6) is 0 Å². The Kier molecular flexibility index (Phi) is 4.21. The topological polar surface area (TPSA) is 98.5 Å². The van der Waals surface area contributed by atoms with Gasteiger partial charge in [0.15, 0.2) is 0 Å². The van der Waals surface area contributed by atoms with Gasteiger partial charge in [0.1, 0.15) is 11.4 Å². The second-order valence-corrected chi connectivity index (χ2v) is 4.79. The molecule has 0 radical (unpaired) electrons. The van der Waals surface area contributed by atoms with Crippen molar-refractivity contribution >= 4 is 17.5 Å². The molecule has 21 heavy (non-hydrogen) atoms. The number of esters is 1. The molecule has 0 bridgehead atoms. The lowest BCUT2D eigenvalue weighted by molar-refractivity contribution is -0.131. The molecule has 7 nitrogen and oxygen atoms in total. The average Bonchev–Trinajstić information content (AvgIpc) is 2.41. The number of hydrogen-bond acceptors (Lipinski definition) is 5. The summed E-state index contributed by atoms with van der Waals surface area (Å²) < 4.78 is 6.19. The number of allylic oxidation sites excluding steroid dienone is 1. The highest BCUT2D eigenvalue weighted by Gasteiger charge is 2.26. The van der Waals surface area contributed by atoms with Crippen LogP contribution >= 0.6 is 0 Å². The van der Waals surface area contributed by atoms with Gasteiger partial charge in [-0.25, -0.2) is 14.6 Å². The molecule has 1 N–H and O–H groups in total. The summed E-state index contributed by atoms with van der Waals surface area (Å²) in [5, 5.41) is 8.87. The molecule has 1 aromatic rings. The molecule has 2 heterocycles. The standard InChI is InChI=1S/C14H16N2O5/c1-3-21-14(20)10-7-15-12-9(6-11(17)18)5-4-8(2)16(12)13(10)19/h6-8H,3-5H2,1-2H3,(H,17,18)/b9-6+. The summed E-state index contributed by atoms with van der Waals surface area (Å²) >= 11 is 0. The van der Waals surface area contributed by atoms with E-state index in [1.165, 1.54) is 4.57 Å². The number of ether oxygens (including phenoxy) is 1. The van der Waals surface area contributed by atoms with E-state index in [4.69, 9.17) is 9.84 Å². The highest BCUT2D eigenvalue weighted by molar-refractivity contribution is 5.90. The van der Waals surface area contributed by atoms with Gasteiger partial charge in [0.25, 0.3) is 5.56 Å². The molecule has 0 saturated carbocycles. The molecule has 1 aliphatic heterocycles. The maximum absolute atomic E-state index is 12.4. The number of carbonyl (C=O) groups is 2. The van der Waals surface area contributed by atoms with Crippen molar-refractivity contribution in [2.75, 3.05) is 6.61 Å². The third-order valence-electron chi connectivity index (χ3n) is 3.35. The minimum Gasteiger partial charge on any atom is -0.478 e. The molecule has 1 aliphatic rings. The molecule has 0 saturated heterocycles. The monoisotopic (exact) mass is 292 g/mol. The first-order valence-electron chi connectivity index (χ1n) is 6.68. The number of carboxylic acid groups (broad SMARTS) is 1. The SMILES string of the molecule is CCOC(=O)c1cnc2n(c1=O)C(C)CC/C2=C\C(=O)O. The molecule has 1 atom stereocenters. The molecule has 0 spiro atoms. The smallest absolute Gasteiger partial charge is 0.345 e. The van der Waals surface area contributed by atoms with Crippen LogP contribution in [-0.2, 0) is 9.53 Å². The fourth-order valence-electron chi connectivity index (χ4n) is 2.36. The Balaban J connectivity index is 2.59. The fraction of sp³-hybridized carbons (Fsp3) is 0.429. The van der Waals surface area contributed by atoms with E-state index in [9.17, 15) is 14.4 Å². The van der Waals surface area contributed by atoms with E-state index in [1.807, 2.05) is 6.92 Å². The first-order valence-corrected chi connectivity index (χ1v) is 6.68. The van der Waals surface area contributed by atoms with Crippen molar-refractivity contribution in [3.8, 4) is 0 Å². The lowest BCUT2D eigenvalue weighted by atomic mass is 9.99. The van der Waals surface area contributed by atoms with Crippen molar-refractivity contribution in [3.63, 3.8) is 0 Å². The van der Waals surface area contributed by atoms with Gasteiger partial charge >= 0.3 is 11.9 Å². The molecule has 1 aromatic heterocycles. The molecular formula is C14H16N2O5. The van der Waals surface area contributed by atoms with Gasteiger partial charge < -0.3 is 9.84 Å². The third-order valence-corrected chi connectivity index (χ3v) is 3.35. The number of hydrogen-bond donors (Lipinski definition) is 1. The zero-order valence-corrected chi connectivity index (χ0v) is 11.8. The lowest BCUT2D eigenvalue weighted by Crippen LogP contribution is -2.34. The van der Waals surface area contributed by atoms with E-state index in [2.05, 4.69) is 4.98 Å². The van der Waals surface area contributed by atoms with Crippen LogP contribution in [0, 0.1) is 0 Å². The van der Waals surface area contributed by atoms with E-state index < -0.39 is 17.5 Å². The number of carbonyl (C=O) groups excluding carboxylic acids is 1. The molecule has 7 heteroatoms. The second kappa shape index (κ2) is 5.90. The largest absolute Gasteiger partial charge is 0.478 e. The molecule has 0 fully saturated rings. The number of carboxylic acids is 1. The molecule has 1 unspecified atom stereocenters. The van der Waals surface area contributed by atoms with Gasteiger partial charge in [0.2, 0.25) is 0 Å². The Morgan fingerprint density at radius 2 is 2.29 bits per heavy atom. The molecular weight excluding hydrogens is 276 g/mol. The highest BCUT2D eigenvalue weighted by atomic mass is 16.5. The molecule has 112 valence electrons. The summed E-state index contributed by atoms with van der Waals surface area (Å²) in [6.07, 6.45) is 3.34. The third kappa shape index (κ3) is 2.86. The first-order chi connectivity index (χ1) is 9.95. The van der Waals surface area contributed by atoms with E-state index in [0.717, 1.165) is 12.3 Å². The Labute approximate surface area is 120 Å². The van der Waals surface area contributed by atoms with E-state index in [1.54, 1.807) is 6.92 Å². The molecule has 0 aliphatic carbocycles. The van der Waals surface area contributed by atoms with Gasteiger partial charge in [-0.1, -0.05) is 0 Å². The Morgan fingerprint density at radius 3 is 2.90 bits per heavy atom. The predicted molar refractivity (Wildman–Crippen MR) is 74.0 cm³/mol. The number of aromatic nitrogens is 2. The van der Waals surface area contributed by atoms with Crippen molar-refractivity contribution in [1.82, 2.24) is 9.55 Å². The van der Waals surface area contributed by atoms with Crippen molar-refractivity contribution in [1.29, 1.82) is 0 Å². The van der Waals surface area contributed by atoms with Gasteiger partial charge in [-0.3, -0.25) is 9.36 Å².